The first-order valence-corrected chi connectivity index (χ1v) is 10.4. The van der Waals surface area contributed by atoms with E-state index in [1.54, 1.807) is 0 Å². The van der Waals surface area contributed by atoms with Gasteiger partial charge in [0.15, 0.2) is 9.84 Å². The lowest BCUT2D eigenvalue weighted by Crippen LogP contribution is -2.46. The summed E-state index contributed by atoms with van der Waals surface area (Å²) in [4.78, 5) is 2.53. The van der Waals surface area contributed by atoms with Gasteiger partial charge >= 0.3 is 0 Å². The molecular weight excluding hydrogens is 284 g/mol. The summed E-state index contributed by atoms with van der Waals surface area (Å²) in [5.41, 5.74) is 6.26. The van der Waals surface area contributed by atoms with Crippen molar-refractivity contribution in [3.63, 3.8) is 0 Å². The summed E-state index contributed by atoms with van der Waals surface area (Å²) in [6, 6.07) is 0. The largest absolute Gasteiger partial charge is 0.330 e. The molecule has 0 bridgehead atoms. The summed E-state index contributed by atoms with van der Waals surface area (Å²) >= 11 is 0. The molecule has 1 heterocycles. The molecule has 0 aromatic rings. The minimum atomic E-state index is -2.86. The fourth-order valence-electron chi connectivity index (χ4n) is 4.15. The molecule has 3 rings (SSSR count). The molecule has 5 heteroatoms. The van der Waals surface area contributed by atoms with E-state index in [0.717, 1.165) is 45.1 Å². The van der Waals surface area contributed by atoms with Crippen molar-refractivity contribution in [1.29, 1.82) is 0 Å². The van der Waals surface area contributed by atoms with Crippen LogP contribution in [0.2, 0.25) is 0 Å². The maximum absolute atomic E-state index is 12.4. The Morgan fingerprint density at radius 3 is 2.19 bits per heavy atom. The minimum absolute atomic E-state index is 0.0867. The highest BCUT2D eigenvalue weighted by Crippen LogP contribution is 2.41. The third-order valence-corrected chi connectivity index (χ3v) is 8.28. The fourth-order valence-corrected chi connectivity index (χ4v) is 6.37. The van der Waals surface area contributed by atoms with Crippen LogP contribution in [0.3, 0.4) is 0 Å². The molecule has 1 saturated heterocycles. The third kappa shape index (κ3) is 3.80. The van der Waals surface area contributed by atoms with Crippen LogP contribution in [0.25, 0.3) is 0 Å². The van der Waals surface area contributed by atoms with E-state index in [0.29, 0.717) is 18.2 Å². The van der Waals surface area contributed by atoms with Gasteiger partial charge in [0.25, 0.3) is 0 Å². The van der Waals surface area contributed by atoms with Crippen LogP contribution in [0.15, 0.2) is 0 Å². The van der Waals surface area contributed by atoms with Crippen molar-refractivity contribution in [2.24, 2.45) is 17.1 Å². The average molecular weight is 314 g/mol. The fraction of sp³-hybridized carbons (Fsp3) is 1.00. The van der Waals surface area contributed by atoms with Gasteiger partial charge in [0.1, 0.15) is 0 Å². The Morgan fingerprint density at radius 1 is 1.05 bits per heavy atom. The van der Waals surface area contributed by atoms with E-state index >= 15 is 0 Å². The highest BCUT2D eigenvalue weighted by atomic mass is 32.2. The maximum atomic E-state index is 12.4. The molecule has 1 aliphatic heterocycles. The van der Waals surface area contributed by atoms with Crippen LogP contribution >= 0.6 is 0 Å². The zero-order valence-electron chi connectivity index (χ0n) is 13.1. The molecule has 2 N–H and O–H groups in total. The van der Waals surface area contributed by atoms with Gasteiger partial charge < -0.3 is 10.6 Å². The molecule has 2 aliphatic carbocycles. The summed E-state index contributed by atoms with van der Waals surface area (Å²) in [7, 11) is -2.86. The van der Waals surface area contributed by atoms with Crippen LogP contribution < -0.4 is 5.73 Å². The number of rotatable bonds is 6. The maximum Gasteiger partial charge on any atom is 0.153 e. The smallest absolute Gasteiger partial charge is 0.153 e. The quantitative estimate of drug-likeness (QED) is 0.812. The monoisotopic (exact) mass is 314 g/mol. The topological polar surface area (TPSA) is 63.4 Å². The summed E-state index contributed by atoms with van der Waals surface area (Å²) < 4.78 is 24.9. The SMILES string of the molecule is NCC1(CN2CCCC2)CCC(S(=O)(=O)CC2CC2)CC1. The molecule has 4 nitrogen and oxygen atoms in total. The number of nitrogens with two attached hydrogens (primary N) is 1. The Kier molecular flexibility index (Phi) is 4.63. The van der Waals surface area contributed by atoms with E-state index < -0.39 is 9.84 Å². The lowest BCUT2D eigenvalue weighted by atomic mass is 9.73. The molecule has 0 atom stereocenters. The number of hydrogen-bond donors (Lipinski definition) is 1. The predicted octanol–water partition coefficient (Wildman–Crippen LogP) is 1.79. The molecule has 2 saturated carbocycles. The lowest BCUT2D eigenvalue weighted by molar-refractivity contribution is 0.128. The zero-order valence-corrected chi connectivity index (χ0v) is 13.9. The number of sulfone groups is 1. The Labute approximate surface area is 129 Å². The van der Waals surface area contributed by atoms with E-state index in [1.165, 1.54) is 25.9 Å². The second kappa shape index (κ2) is 6.17. The summed E-state index contributed by atoms with van der Waals surface area (Å²) in [6.45, 7) is 4.19. The van der Waals surface area contributed by atoms with Gasteiger partial charge in [-0.3, -0.25) is 0 Å². The second-order valence-corrected chi connectivity index (χ2v) is 9.99. The predicted molar refractivity (Wildman–Crippen MR) is 85.9 cm³/mol. The summed E-state index contributed by atoms with van der Waals surface area (Å²) in [5.74, 6) is 0.917. The second-order valence-electron chi connectivity index (χ2n) is 7.66. The molecule has 0 aromatic carbocycles. The van der Waals surface area contributed by atoms with Crippen LogP contribution in [0, 0.1) is 11.3 Å². The first-order valence-electron chi connectivity index (χ1n) is 8.67. The van der Waals surface area contributed by atoms with Crippen LogP contribution in [0.5, 0.6) is 0 Å². The summed E-state index contributed by atoms with van der Waals surface area (Å²) in [6.07, 6.45) is 8.50. The first-order chi connectivity index (χ1) is 10.0. The van der Waals surface area contributed by atoms with Crippen molar-refractivity contribution in [2.45, 2.75) is 56.6 Å². The van der Waals surface area contributed by atoms with Crippen molar-refractivity contribution in [3.8, 4) is 0 Å². The molecule has 122 valence electrons. The Morgan fingerprint density at radius 2 is 1.67 bits per heavy atom. The van der Waals surface area contributed by atoms with E-state index in [2.05, 4.69) is 4.90 Å². The normalized spacial score (nSPS) is 35.2. The highest BCUT2D eigenvalue weighted by molar-refractivity contribution is 7.92. The van der Waals surface area contributed by atoms with E-state index in [9.17, 15) is 8.42 Å². The van der Waals surface area contributed by atoms with Gasteiger partial charge in [-0.2, -0.15) is 0 Å². The Balaban J connectivity index is 1.56. The van der Waals surface area contributed by atoms with Crippen molar-refractivity contribution in [2.75, 3.05) is 31.9 Å². The van der Waals surface area contributed by atoms with Crippen LogP contribution in [-0.4, -0.2) is 50.5 Å². The van der Waals surface area contributed by atoms with Gasteiger partial charge in [0.05, 0.1) is 11.0 Å². The van der Waals surface area contributed by atoms with Crippen molar-refractivity contribution in [1.82, 2.24) is 4.90 Å². The van der Waals surface area contributed by atoms with Crippen molar-refractivity contribution < 1.29 is 8.42 Å². The van der Waals surface area contributed by atoms with Crippen molar-refractivity contribution >= 4 is 9.84 Å². The molecular formula is C16H30N2O2S. The molecule has 0 aromatic heterocycles. The molecule has 3 aliphatic rings. The number of nitrogens with zero attached hydrogens (tertiary/aromatic N) is 1. The van der Waals surface area contributed by atoms with Crippen LogP contribution in [0.1, 0.15) is 51.4 Å². The minimum Gasteiger partial charge on any atom is -0.330 e. The molecule has 3 fully saturated rings. The highest BCUT2D eigenvalue weighted by Gasteiger charge is 2.41. The standard InChI is InChI=1S/C16H30N2O2S/c17-12-16(13-18-9-1-2-10-18)7-5-15(6-8-16)21(19,20)11-14-3-4-14/h14-15H,1-13,17H2. The average Bonchev–Trinajstić information content (AvgIpc) is 3.12. The van der Waals surface area contributed by atoms with Crippen molar-refractivity contribution in [3.05, 3.63) is 0 Å². The van der Waals surface area contributed by atoms with Gasteiger partial charge in [0, 0.05) is 6.54 Å². The number of likely N-dealkylation sites (tertiary alicyclic amines) is 1. The molecule has 0 radical (unpaired) electrons. The van der Waals surface area contributed by atoms with Gasteiger partial charge in [-0.1, -0.05) is 0 Å². The van der Waals surface area contributed by atoms with Gasteiger partial charge in [-0.05, 0) is 82.3 Å². The first kappa shape index (κ1) is 15.8. The Hall–Kier alpha value is -0.130. The lowest BCUT2D eigenvalue weighted by Gasteiger charge is -2.41. The van der Waals surface area contributed by atoms with E-state index in [-0.39, 0.29) is 10.7 Å². The van der Waals surface area contributed by atoms with Crippen LogP contribution in [-0.2, 0) is 9.84 Å². The molecule has 0 amide bonds. The third-order valence-electron chi connectivity index (χ3n) is 5.86. The Bertz CT molecular complexity index is 445. The molecule has 21 heavy (non-hydrogen) atoms. The molecule has 0 spiro atoms. The van der Waals surface area contributed by atoms with Gasteiger partial charge in [0.2, 0.25) is 0 Å². The molecule has 0 unspecified atom stereocenters. The van der Waals surface area contributed by atoms with Gasteiger partial charge in [-0.15, -0.1) is 0 Å². The van der Waals surface area contributed by atoms with Crippen LogP contribution in [0.4, 0.5) is 0 Å². The van der Waals surface area contributed by atoms with E-state index in [4.69, 9.17) is 5.73 Å². The van der Waals surface area contributed by atoms with Gasteiger partial charge in [-0.25, -0.2) is 8.42 Å². The number of hydrogen-bond acceptors (Lipinski definition) is 4. The van der Waals surface area contributed by atoms with E-state index in [1.807, 2.05) is 0 Å². The zero-order chi connectivity index (χ0) is 14.9. The summed E-state index contributed by atoms with van der Waals surface area (Å²) in [5, 5.41) is -0.0867.